The van der Waals surface area contributed by atoms with Gasteiger partial charge in [-0.1, -0.05) is 11.8 Å². The van der Waals surface area contributed by atoms with E-state index in [2.05, 4.69) is 31.0 Å². The van der Waals surface area contributed by atoms with E-state index in [1.807, 2.05) is 0 Å². The Morgan fingerprint density at radius 1 is 1.61 bits per heavy atom. The number of nitrogens with one attached hydrogen (secondary N) is 2. The fraction of sp³-hybridized carbons (Fsp3) is 0.444. The maximum atomic E-state index is 11.6. The number of aromatic nitrogens is 6. The first kappa shape index (κ1) is 11.2. The Hall–Kier alpha value is -1.90. The molecule has 2 aromatic rings. The maximum absolute atomic E-state index is 11.6. The highest BCUT2D eigenvalue weighted by Gasteiger charge is 2.28. The lowest BCUT2D eigenvalue weighted by Crippen LogP contribution is -2.15. The van der Waals surface area contributed by atoms with Crippen LogP contribution in [-0.4, -0.2) is 42.1 Å². The van der Waals surface area contributed by atoms with E-state index < -0.39 is 0 Å². The summed E-state index contributed by atoms with van der Waals surface area (Å²) < 4.78 is 1.79. The quantitative estimate of drug-likeness (QED) is 0.762. The predicted octanol–water partition coefficient (Wildman–Crippen LogP) is 0.462. The number of H-pyrrole nitrogens is 1. The zero-order valence-electron chi connectivity index (χ0n) is 9.41. The number of nitrogens with zero attached hydrogens (tertiary/aromatic N) is 5. The van der Waals surface area contributed by atoms with Crippen molar-refractivity contribution in [1.29, 1.82) is 0 Å². The molecule has 1 aliphatic carbocycles. The van der Waals surface area contributed by atoms with Gasteiger partial charge in [-0.2, -0.15) is 5.10 Å². The summed E-state index contributed by atoms with van der Waals surface area (Å²) in [5.41, 5.74) is 0. The molecule has 3 rings (SSSR count). The van der Waals surface area contributed by atoms with Gasteiger partial charge in [0, 0.05) is 6.07 Å². The summed E-state index contributed by atoms with van der Waals surface area (Å²) in [5, 5.41) is 21.3. The molecule has 9 heteroatoms. The Balaban J connectivity index is 1.54. The molecule has 0 aliphatic heterocycles. The third-order valence-electron chi connectivity index (χ3n) is 2.46. The first-order valence-electron chi connectivity index (χ1n) is 5.53. The number of anilines is 1. The molecular weight excluding hydrogens is 254 g/mol. The van der Waals surface area contributed by atoms with Gasteiger partial charge in [-0.25, -0.2) is 4.68 Å². The van der Waals surface area contributed by atoms with Crippen molar-refractivity contribution in [3.63, 3.8) is 0 Å². The smallest absolute Gasteiger partial charge is 0.235 e. The fourth-order valence-corrected chi connectivity index (χ4v) is 2.22. The van der Waals surface area contributed by atoms with E-state index in [0.29, 0.717) is 17.0 Å². The van der Waals surface area contributed by atoms with Gasteiger partial charge >= 0.3 is 0 Å². The summed E-state index contributed by atoms with van der Waals surface area (Å²) >= 11 is 1.33. The second-order valence-corrected chi connectivity index (χ2v) is 4.89. The fourth-order valence-electron chi connectivity index (χ4n) is 1.47. The number of tetrazole rings is 1. The molecule has 94 valence electrons. The van der Waals surface area contributed by atoms with Gasteiger partial charge < -0.3 is 5.32 Å². The summed E-state index contributed by atoms with van der Waals surface area (Å²) in [7, 11) is 0. The minimum Gasteiger partial charge on any atom is -0.310 e. The first-order chi connectivity index (χ1) is 8.83. The van der Waals surface area contributed by atoms with Crippen LogP contribution in [0.2, 0.25) is 0 Å². The third-order valence-corrected chi connectivity index (χ3v) is 3.40. The summed E-state index contributed by atoms with van der Waals surface area (Å²) in [4.78, 5) is 11.6. The molecule has 0 saturated heterocycles. The third kappa shape index (κ3) is 2.50. The van der Waals surface area contributed by atoms with Gasteiger partial charge in [-0.3, -0.25) is 9.89 Å². The van der Waals surface area contributed by atoms with Crippen molar-refractivity contribution in [2.45, 2.75) is 24.0 Å². The van der Waals surface area contributed by atoms with Crippen LogP contribution in [0.3, 0.4) is 0 Å². The van der Waals surface area contributed by atoms with Gasteiger partial charge in [0.2, 0.25) is 11.1 Å². The number of carbonyl (C=O) groups is 1. The van der Waals surface area contributed by atoms with E-state index in [0.717, 1.165) is 12.8 Å². The molecule has 2 N–H and O–H groups in total. The minimum absolute atomic E-state index is 0.116. The molecule has 18 heavy (non-hydrogen) atoms. The lowest BCUT2D eigenvalue weighted by molar-refractivity contribution is -0.113. The van der Waals surface area contributed by atoms with Crippen LogP contribution in [0.5, 0.6) is 0 Å². The van der Waals surface area contributed by atoms with Gasteiger partial charge in [-0.15, -0.1) is 5.10 Å². The van der Waals surface area contributed by atoms with Crippen LogP contribution in [-0.2, 0) is 4.79 Å². The van der Waals surface area contributed by atoms with E-state index in [-0.39, 0.29) is 11.7 Å². The molecule has 0 bridgehead atoms. The summed E-state index contributed by atoms with van der Waals surface area (Å²) in [5.74, 6) is 0.739. The molecule has 2 aromatic heterocycles. The van der Waals surface area contributed by atoms with Crippen LogP contribution in [0.15, 0.2) is 17.4 Å². The molecule has 1 aliphatic rings. The highest BCUT2D eigenvalue weighted by atomic mass is 32.2. The minimum atomic E-state index is -0.116. The number of hydrogen-bond acceptors (Lipinski definition) is 6. The van der Waals surface area contributed by atoms with Crippen LogP contribution in [0, 0.1) is 0 Å². The monoisotopic (exact) mass is 265 g/mol. The van der Waals surface area contributed by atoms with Crippen molar-refractivity contribution < 1.29 is 4.79 Å². The molecule has 1 amide bonds. The standard InChI is InChI=1S/C9H11N7OS/c17-8(11-7-3-4-10-12-7)5-18-9-13-14-15-16(9)6-1-2-6/h3-4,6H,1-2,5H2,(H2,10,11,12,17). The average molecular weight is 265 g/mol. The predicted molar refractivity (Wildman–Crippen MR) is 64.0 cm³/mol. The van der Waals surface area contributed by atoms with E-state index in [1.165, 1.54) is 11.8 Å². The number of thioether (sulfide) groups is 1. The zero-order chi connectivity index (χ0) is 12.4. The van der Waals surface area contributed by atoms with Crippen molar-refractivity contribution >= 4 is 23.5 Å². The molecule has 1 saturated carbocycles. The van der Waals surface area contributed by atoms with Gasteiger partial charge in [-0.05, 0) is 23.3 Å². The number of aromatic amines is 1. The van der Waals surface area contributed by atoms with Crippen molar-refractivity contribution in [1.82, 2.24) is 30.4 Å². The number of hydrogen-bond donors (Lipinski definition) is 2. The molecule has 1 fully saturated rings. The summed E-state index contributed by atoms with van der Waals surface area (Å²) in [6.07, 6.45) is 3.80. The van der Waals surface area contributed by atoms with Gasteiger partial charge in [0.15, 0.2) is 0 Å². The second-order valence-electron chi connectivity index (χ2n) is 3.94. The average Bonchev–Trinajstić information content (AvgIpc) is 2.90. The zero-order valence-corrected chi connectivity index (χ0v) is 10.2. The highest BCUT2D eigenvalue weighted by molar-refractivity contribution is 7.99. The number of carbonyl (C=O) groups excluding carboxylic acids is 1. The maximum Gasteiger partial charge on any atom is 0.235 e. The Morgan fingerprint density at radius 3 is 3.22 bits per heavy atom. The molecule has 0 unspecified atom stereocenters. The first-order valence-corrected chi connectivity index (χ1v) is 6.51. The molecule has 0 spiro atoms. The molecule has 0 radical (unpaired) electrons. The lowest BCUT2D eigenvalue weighted by atomic mass is 10.6. The van der Waals surface area contributed by atoms with Crippen molar-refractivity contribution in [2.24, 2.45) is 0 Å². The Bertz CT molecular complexity index is 533. The molecule has 0 aromatic carbocycles. The number of amides is 1. The van der Waals surface area contributed by atoms with E-state index in [1.54, 1.807) is 16.9 Å². The Kier molecular flexibility index (Phi) is 2.97. The Morgan fingerprint density at radius 2 is 2.50 bits per heavy atom. The van der Waals surface area contributed by atoms with Crippen LogP contribution < -0.4 is 5.32 Å². The number of rotatable bonds is 5. The lowest BCUT2D eigenvalue weighted by Gasteiger charge is -2.02. The largest absolute Gasteiger partial charge is 0.310 e. The van der Waals surface area contributed by atoms with Crippen LogP contribution >= 0.6 is 11.8 Å². The van der Waals surface area contributed by atoms with Crippen molar-refractivity contribution in [3.05, 3.63) is 12.3 Å². The molecular formula is C9H11N7OS. The second kappa shape index (κ2) is 4.77. The van der Waals surface area contributed by atoms with Crippen molar-refractivity contribution in [2.75, 3.05) is 11.1 Å². The summed E-state index contributed by atoms with van der Waals surface area (Å²) in [6, 6.07) is 2.11. The SMILES string of the molecule is O=C(CSc1nnnn1C1CC1)Nc1ccn[nH]1. The molecule has 2 heterocycles. The van der Waals surface area contributed by atoms with E-state index >= 15 is 0 Å². The van der Waals surface area contributed by atoms with E-state index in [4.69, 9.17) is 0 Å². The van der Waals surface area contributed by atoms with Gasteiger partial charge in [0.25, 0.3) is 0 Å². The van der Waals surface area contributed by atoms with Gasteiger partial charge in [0.05, 0.1) is 18.0 Å². The summed E-state index contributed by atoms with van der Waals surface area (Å²) in [6.45, 7) is 0. The van der Waals surface area contributed by atoms with Crippen LogP contribution in [0.25, 0.3) is 0 Å². The molecule has 0 atom stereocenters. The van der Waals surface area contributed by atoms with Crippen molar-refractivity contribution in [3.8, 4) is 0 Å². The topological polar surface area (TPSA) is 101 Å². The highest BCUT2D eigenvalue weighted by Crippen LogP contribution is 2.36. The van der Waals surface area contributed by atoms with Crippen LogP contribution in [0.1, 0.15) is 18.9 Å². The Labute approximate surface area is 107 Å². The normalized spacial score (nSPS) is 14.7. The van der Waals surface area contributed by atoms with Gasteiger partial charge in [0.1, 0.15) is 5.82 Å². The molecule has 8 nitrogen and oxygen atoms in total. The van der Waals surface area contributed by atoms with E-state index in [9.17, 15) is 4.79 Å². The van der Waals surface area contributed by atoms with Crippen LogP contribution in [0.4, 0.5) is 5.82 Å².